The minimum atomic E-state index is -1.48. The van der Waals surface area contributed by atoms with Gasteiger partial charge in [-0.05, 0) is 19.4 Å². The van der Waals surface area contributed by atoms with Gasteiger partial charge < -0.3 is 15.4 Å². The number of para-hydroxylation sites is 1. The molecule has 4 rings (SSSR count). The summed E-state index contributed by atoms with van der Waals surface area (Å²) in [4.78, 5) is 28.0. The molecule has 3 aliphatic rings. The van der Waals surface area contributed by atoms with Crippen molar-refractivity contribution in [3.63, 3.8) is 0 Å². The van der Waals surface area contributed by atoms with Gasteiger partial charge in [-0.1, -0.05) is 18.2 Å². The minimum absolute atomic E-state index is 0.00917. The van der Waals surface area contributed by atoms with Gasteiger partial charge in [0.05, 0.1) is 5.57 Å². The Hall–Kier alpha value is -3.07. The SMILES string of the molecule is CCN1C(=O)C2(C(C#N)=C(N)OC3=C2C(=O)CCC3)c2ccccc21. The van der Waals surface area contributed by atoms with Gasteiger partial charge in [0.2, 0.25) is 11.8 Å². The van der Waals surface area contributed by atoms with Crippen LogP contribution in [0.2, 0.25) is 0 Å². The molecule has 1 aromatic rings. The predicted molar refractivity (Wildman–Crippen MR) is 89.9 cm³/mol. The van der Waals surface area contributed by atoms with Crippen LogP contribution in [0.1, 0.15) is 31.7 Å². The monoisotopic (exact) mass is 335 g/mol. The van der Waals surface area contributed by atoms with Crippen LogP contribution in [0, 0.1) is 11.3 Å². The summed E-state index contributed by atoms with van der Waals surface area (Å²) in [6.07, 6.45) is 1.52. The number of carbonyl (C=O) groups excluding carboxylic acids is 2. The number of ketones is 1. The molecular formula is C19H17N3O3. The lowest BCUT2D eigenvalue weighted by molar-refractivity contribution is -0.124. The normalized spacial score (nSPS) is 25.0. The van der Waals surface area contributed by atoms with E-state index in [0.717, 1.165) is 0 Å². The number of fused-ring (bicyclic) bond motifs is 3. The Bertz CT molecular complexity index is 922. The summed E-state index contributed by atoms with van der Waals surface area (Å²) in [6, 6.07) is 9.33. The Labute approximate surface area is 145 Å². The van der Waals surface area contributed by atoms with E-state index in [-0.39, 0.29) is 28.7 Å². The highest BCUT2D eigenvalue weighted by Crippen LogP contribution is 2.55. The first-order valence-corrected chi connectivity index (χ1v) is 8.33. The third-order valence-electron chi connectivity index (χ3n) is 5.19. The van der Waals surface area contributed by atoms with Gasteiger partial charge in [0.1, 0.15) is 22.8 Å². The van der Waals surface area contributed by atoms with Crippen LogP contribution in [0.3, 0.4) is 0 Å². The van der Waals surface area contributed by atoms with Crippen LogP contribution >= 0.6 is 0 Å². The lowest BCUT2D eigenvalue weighted by atomic mass is 9.65. The van der Waals surface area contributed by atoms with Crippen molar-refractivity contribution in [2.24, 2.45) is 5.73 Å². The van der Waals surface area contributed by atoms with Crippen LogP contribution in [0.15, 0.2) is 47.1 Å². The van der Waals surface area contributed by atoms with Crippen molar-refractivity contribution in [3.05, 3.63) is 52.6 Å². The fraction of sp³-hybridized carbons (Fsp3) is 0.316. The summed E-state index contributed by atoms with van der Waals surface area (Å²) < 4.78 is 5.61. The number of allylic oxidation sites excluding steroid dienone is 1. The molecule has 6 heteroatoms. The zero-order valence-electron chi connectivity index (χ0n) is 13.8. The second kappa shape index (κ2) is 5.21. The zero-order valence-corrected chi connectivity index (χ0v) is 13.8. The zero-order chi connectivity index (χ0) is 17.8. The lowest BCUT2D eigenvalue weighted by Gasteiger charge is -2.37. The number of likely N-dealkylation sites (N-methyl/N-ethyl adjacent to an activating group) is 1. The predicted octanol–water partition coefficient (Wildman–Crippen LogP) is 2.02. The molecule has 0 bridgehead atoms. The summed E-state index contributed by atoms with van der Waals surface area (Å²) in [5.74, 6) is -0.115. The Kier molecular flexibility index (Phi) is 3.22. The van der Waals surface area contributed by atoms with Crippen molar-refractivity contribution in [1.82, 2.24) is 0 Å². The van der Waals surface area contributed by atoms with Crippen molar-refractivity contribution in [3.8, 4) is 6.07 Å². The first kappa shape index (κ1) is 15.5. The maximum atomic E-state index is 13.5. The van der Waals surface area contributed by atoms with E-state index < -0.39 is 5.41 Å². The highest BCUT2D eigenvalue weighted by atomic mass is 16.5. The molecule has 1 aliphatic carbocycles. The van der Waals surface area contributed by atoms with E-state index in [1.807, 2.05) is 19.1 Å². The number of ether oxygens (including phenoxy) is 1. The van der Waals surface area contributed by atoms with Crippen molar-refractivity contribution in [2.75, 3.05) is 11.4 Å². The van der Waals surface area contributed by atoms with Crippen molar-refractivity contribution in [1.29, 1.82) is 5.26 Å². The number of nitriles is 1. The van der Waals surface area contributed by atoms with Gasteiger partial charge in [-0.2, -0.15) is 5.26 Å². The molecule has 0 saturated carbocycles. The molecule has 0 radical (unpaired) electrons. The third-order valence-corrected chi connectivity index (χ3v) is 5.19. The van der Waals surface area contributed by atoms with Crippen molar-refractivity contribution in [2.45, 2.75) is 31.6 Å². The Morgan fingerprint density at radius 3 is 2.80 bits per heavy atom. The van der Waals surface area contributed by atoms with Crippen LogP contribution in [-0.2, 0) is 19.7 Å². The van der Waals surface area contributed by atoms with Crippen LogP contribution in [0.25, 0.3) is 0 Å². The molecule has 0 saturated heterocycles. The van der Waals surface area contributed by atoms with Crippen LogP contribution in [0.5, 0.6) is 0 Å². The largest absolute Gasteiger partial charge is 0.444 e. The quantitative estimate of drug-likeness (QED) is 0.847. The topological polar surface area (TPSA) is 96.4 Å². The van der Waals surface area contributed by atoms with E-state index in [1.165, 1.54) is 0 Å². The molecule has 6 nitrogen and oxygen atoms in total. The molecule has 1 aromatic carbocycles. The lowest BCUT2D eigenvalue weighted by Crippen LogP contribution is -2.49. The molecule has 2 N–H and O–H groups in total. The molecule has 2 heterocycles. The molecule has 0 aromatic heterocycles. The van der Waals surface area contributed by atoms with Gasteiger partial charge in [0, 0.05) is 30.6 Å². The molecular weight excluding hydrogens is 318 g/mol. The van der Waals surface area contributed by atoms with Gasteiger partial charge in [-0.3, -0.25) is 9.59 Å². The smallest absolute Gasteiger partial charge is 0.247 e. The maximum absolute atomic E-state index is 13.5. The minimum Gasteiger partial charge on any atom is -0.444 e. The number of rotatable bonds is 1. The van der Waals surface area contributed by atoms with E-state index >= 15 is 0 Å². The number of anilines is 1. The molecule has 1 spiro atoms. The number of hydrogen-bond donors (Lipinski definition) is 1. The highest BCUT2D eigenvalue weighted by Gasteiger charge is 2.61. The second-order valence-corrected chi connectivity index (χ2v) is 6.34. The number of nitrogens with two attached hydrogens (primary N) is 1. The first-order chi connectivity index (χ1) is 12.1. The van der Waals surface area contributed by atoms with E-state index in [4.69, 9.17) is 10.5 Å². The molecule has 1 amide bonds. The number of Topliss-reactive ketones (excluding diaryl/α,β-unsaturated/α-hetero) is 1. The summed E-state index contributed by atoms with van der Waals surface area (Å²) in [5, 5.41) is 9.79. The summed E-state index contributed by atoms with van der Waals surface area (Å²) >= 11 is 0. The number of carbonyl (C=O) groups is 2. The summed E-state index contributed by atoms with van der Waals surface area (Å²) in [7, 11) is 0. The standard InChI is InChI=1S/C19H17N3O3/c1-2-22-13-7-4-3-6-11(13)19(18(22)24)12(10-20)17(21)25-15-9-5-8-14(23)16(15)19/h3-4,6-7H,2,5,8-9,21H2,1H3. The number of amides is 1. The van der Waals surface area contributed by atoms with Gasteiger partial charge in [-0.25, -0.2) is 0 Å². The van der Waals surface area contributed by atoms with E-state index in [1.54, 1.807) is 17.0 Å². The van der Waals surface area contributed by atoms with Gasteiger partial charge in [0.25, 0.3) is 0 Å². The highest BCUT2D eigenvalue weighted by molar-refractivity contribution is 6.20. The van der Waals surface area contributed by atoms with E-state index in [0.29, 0.717) is 42.8 Å². The molecule has 25 heavy (non-hydrogen) atoms. The second-order valence-electron chi connectivity index (χ2n) is 6.34. The Balaban J connectivity index is 2.14. The molecule has 2 aliphatic heterocycles. The first-order valence-electron chi connectivity index (χ1n) is 8.33. The summed E-state index contributed by atoms with van der Waals surface area (Å²) in [6.45, 7) is 2.30. The van der Waals surface area contributed by atoms with Gasteiger partial charge in [0.15, 0.2) is 5.78 Å². The molecule has 126 valence electrons. The Morgan fingerprint density at radius 2 is 2.08 bits per heavy atom. The van der Waals surface area contributed by atoms with E-state index in [9.17, 15) is 14.9 Å². The maximum Gasteiger partial charge on any atom is 0.247 e. The third kappa shape index (κ3) is 1.73. The molecule has 0 fully saturated rings. The molecule has 1 unspecified atom stereocenters. The number of hydrogen-bond acceptors (Lipinski definition) is 5. The van der Waals surface area contributed by atoms with Crippen LogP contribution in [0.4, 0.5) is 5.69 Å². The van der Waals surface area contributed by atoms with Crippen LogP contribution in [-0.4, -0.2) is 18.2 Å². The van der Waals surface area contributed by atoms with Crippen molar-refractivity contribution < 1.29 is 14.3 Å². The average Bonchev–Trinajstić information content (AvgIpc) is 2.84. The number of benzene rings is 1. The van der Waals surface area contributed by atoms with Gasteiger partial charge in [-0.15, -0.1) is 0 Å². The van der Waals surface area contributed by atoms with Gasteiger partial charge >= 0.3 is 0 Å². The van der Waals surface area contributed by atoms with Crippen molar-refractivity contribution >= 4 is 17.4 Å². The van der Waals surface area contributed by atoms with Crippen LogP contribution < -0.4 is 10.6 Å². The number of nitrogens with zero attached hydrogens (tertiary/aromatic N) is 2. The Morgan fingerprint density at radius 1 is 1.32 bits per heavy atom. The summed E-state index contributed by atoms with van der Waals surface area (Å²) in [5.41, 5.74) is 6.19. The molecule has 1 atom stereocenters. The fourth-order valence-electron chi connectivity index (χ4n) is 4.22. The van der Waals surface area contributed by atoms with E-state index in [2.05, 4.69) is 6.07 Å². The fourth-order valence-corrected chi connectivity index (χ4v) is 4.22. The average molecular weight is 335 g/mol.